The molecule has 0 spiro atoms. The van der Waals surface area contributed by atoms with Gasteiger partial charge in [-0.05, 0) is 31.4 Å². The Bertz CT molecular complexity index is 641. The van der Waals surface area contributed by atoms with Gasteiger partial charge >= 0.3 is 0 Å². The molecule has 0 aliphatic heterocycles. The molecular weight excluding hydrogens is 394 g/mol. The van der Waals surface area contributed by atoms with Crippen LogP contribution in [0.15, 0.2) is 16.3 Å². The summed E-state index contributed by atoms with van der Waals surface area (Å²) >= 11 is 1.26. The van der Waals surface area contributed by atoms with Crippen molar-refractivity contribution in [3.8, 4) is 0 Å². The van der Waals surface area contributed by atoms with E-state index in [0.29, 0.717) is 36.3 Å². The highest BCUT2D eigenvalue weighted by Gasteiger charge is 2.17. The summed E-state index contributed by atoms with van der Waals surface area (Å²) in [6.45, 7) is 3.05. The fourth-order valence-corrected chi connectivity index (χ4v) is 5.45. The second kappa shape index (κ2) is 11.9. The summed E-state index contributed by atoms with van der Waals surface area (Å²) in [6, 6.07) is 3.97. The highest BCUT2D eigenvalue weighted by Crippen LogP contribution is 2.21. The zero-order valence-corrected chi connectivity index (χ0v) is 17.7. The number of amides is 1. The topological polar surface area (TPSA) is 87.3 Å². The first-order valence-corrected chi connectivity index (χ1v) is 11.3. The van der Waals surface area contributed by atoms with Gasteiger partial charge in [0.2, 0.25) is 15.9 Å². The standard InChI is InChI=1S/C17H29N3O3S2.ClH/c1-14(21)18-11-10-16-8-9-17(24-16)25(22,23)20-13-12-19-15-6-4-2-3-5-7-15;/h8-9,15,19-20H,2-7,10-13H2,1H3,(H,18,21);1H. The van der Waals surface area contributed by atoms with Crippen LogP contribution in [-0.4, -0.2) is 40.0 Å². The van der Waals surface area contributed by atoms with Crippen LogP contribution < -0.4 is 15.4 Å². The molecule has 1 aliphatic rings. The molecular formula is C17H30ClN3O3S2. The minimum absolute atomic E-state index is 0. The predicted octanol–water partition coefficient (Wildman–Crippen LogP) is 2.44. The lowest BCUT2D eigenvalue weighted by Crippen LogP contribution is -2.36. The lowest BCUT2D eigenvalue weighted by molar-refractivity contribution is -0.118. The van der Waals surface area contributed by atoms with Gasteiger partial charge in [0.25, 0.3) is 0 Å². The number of nitrogens with one attached hydrogen (secondary N) is 3. The average molecular weight is 424 g/mol. The third-order valence-corrected chi connectivity index (χ3v) is 7.45. The molecule has 26 heavy (non-hydrogen) atoms. The van der Waals surface area contributed by atoms with E-state index >= 15 is 0 Å². The zero-order chi connectivity index (χ0) is 18.1. The van der Waals surface area contributed by atoms with Crippen LogP contribution in [0, 0.1) is 0 Å². The van der Waals surface area contributed by atoms with E-state index in [2.05, 4.69) is 15.4 Å². The lowest BCUT2D eigenvalue weighted by Gasteiger charge is -2.16. The number of carbonyl (C=O) groups excluding carboxylic acids is 1. The number of sulfonamides is 1. The Labute approximate surface area is 167 Å². The number of halogens is 1. The molecule has 0 bridgehead atoms. The van der Waals surface area contributed by atoms with E-state index in [1.807, 2.05) is 6.07 Å². The van der Waals surface area contributed by atoms with Gasteiger partial charge in [-0.2, -0.15) is 0 Å². The molecule has 1 aliphatic carbocycles. The summed E-state index contributed by atoms with van der Waals surface area (Å²) < 4.78 is 27.7. The Morgan fingerprint density at radius 2 is 1.81 bits per heavy atom. The van der Waals surface area contributed by atoms with Gasteiger partial charge in [-0.3, -0.25) is 4.79 Å². The molecule has 150 valence electrons. The maximum Gasteiger partial charge on any atom is 0.250 e. The van der Waals surface area contributed by atoms with Gasteiger partial charge in [0, 0.05) is 37.5 Å². The molecule has 1 fully saturated rings. The number of hydrogen-bond donors (Lipinski definition) is 3. The molecule has 1 saturated carbocycles. The fourth-order valence-electron chi connectivity index (χ4n) is 3.02. The Hall–Kier alpha value is -0.670. The third-order valence-electron chi connectivity index (χ3n) is 4.35. The number of carbonyl (C=O) groups is 1. The van der Waals surface area contributed by atoms with Gasteiger partial charge in [0.05, 0.1) is 0 Å². The van der Waals surface area contributed by atoms with Gasteiger partial charge in [-0.1, -0.05) is 25.7 Å². The molecule has 9 heteroatoms. The predicted molar refractivity (Wildman–Crippen MR) is 109 cm³/mol. The molecule has 1 aromatic rings. The molecule has 0 saturated heterocycles. The van der Waals surface area contributed by atoms with E-state index in [0.717, 1.165) is 4.88 Å². The van der Waals surface area contributed by atoms with Crippen molar-refractivity contribution >= 4 is 39.7 Å². The van der Waals surface area contributed by atoms with Gasteiger partial charge in [0.15, 0.2) is 0 Å². The van der Waals surface area contributed by atoms with Crippen molar-refractivity contribution in [3.05, 3.63) is 17.0 Å². The summed E-state index contributed by atoms with van der Waals surface area (Å²) in [6.07, 6.45) is 8.17. The third kappa shape index (κ3) is 8.35. The maximum absolute atomic E-state index is 12.3. The molecule has 0 aromatic carbocycles. The first kappa shape index (κ1) is 23.4. The van der Waals surface area contributed by atoms with E-state index < -0.39 is 10.0 Å². The van der Waals surface area contributed by atoms with Crippen molar-refractivity contribution in [2.45, 2.75) is 62.1 Å². The quantitative estimate of drug-likeness (QED) is 0.420. The molecule has 1 aromatic heterocycles. The van der Waals surface area contributed by atoms with Crippen LogP contribution in [0.25, 0.3) is 0 Å². The normalized spacial score (nSPS) is 15.9. The average Bonchev–Trinajstić information content (AvgIpc) is 2.88. The van der Waals surface area contributed by atoms with Crippen LogP contribution in [0.1, 0.15) is 50.3 Å². The minimum atomic E-state index is -3.45. The first-order valence-electron chi connectivity index (χ1n) is 9.03. The minimum Gasteiger partial charge on any atom is -0.356 e. The van der Waals surface area contributed by atoms with Crippen LogP contribution in [0.5, 0.6) is 0 Å². The van der Waals surface area contributed by atoms with Crippen molar-refractivity contribution in [1.29, 1.82) is 0 Å². The second-order valence-electron chi connectivity index (χ2n) is 6.49. The van der Waals surface area contributed by atoms with Crippen LogP contribution in [0.3, 0.4) is 0 Å². The van der Waals surface area contributed by atoms with Gasteiger partial charge < -0.3 is 10.6 Å². The highest BCUT2D eigenvalue weighted by atomic mass is 35.5. The summed E-state index contributed by atoms with van der Waals surface area (Å²) in [4.78, 5) is 11.8. The van der Waals surface area contributed by atoms with Crippen molar-refractivity contribution in [2.75, 3.05) is 19.6 Å². The van der Waals surface area contributed by atoms with E-state index in [4.69, 9.17) is 0 Å². The van der Waals surface area contributed by atoms with Crippen molar-refractivity contribution < 1.29 is 13.2 Å². The fraction of sp³-hybridized carbons (Fsp3) is 0.706. The van der Waals surface area contributed by atoms with Crippen LogP contribution in [0.4, 0.5) is 0 Å². The SMILES string of the molecule is CC(=O)NCCc1ccc(S(=O)(=O)NCCNC2CCCCCC2)s1.Cl. The zero-order valence-electron chi connectivity index (χ0n) is 15.3. The van der Waals surface area contributed by atoms with Crippen molar-refractivity contribution in [2.24, 2.45) is 0 Å². The van der Waals surface area contributed by atoms with E-state index in [1.54, 1.807) is 6.07 Å². The Morgan fingerprint density at radius 3 is 2.46 bits per heavy atom. The molecule has 1 amide bonds. The Morgan fingerprint density at radius 1 is 1.12 bits per heavy atom. The van der Waals surface area contributed by atoms with E-state index in [1.165, 1.54) is 56.8 Å². The number of thiophene rings is 1. The Balaban J connectivity index is 0.00000338. The smallest absolute Gasteiger partial charge is 0.250 e. The van der Waals surface area contributed by atoms with Crippen LogP contribution in [0.2, 0.25) is 0 Å². The summed E-state index contributed by atoms with van der Waals surface area (Å²) in [5.74, 6) is -0.0766. The van der Waals surface area contributed by atoms with Gasteiger partial charge in [-0.15, -0.1) is 23.7 Å². The van der Waals surface area contributed by atoms with Crippen molar-refractivity contribution in [1.82, 2.24) is 15.4 Å². The van der Waals surface area contributed by atoms with Crippen LogP contribution in [-0.2, 0) is 21.2 Å². The summed E-state index contributed by atoms with van der Waals surface area (Å²) in [5, 5.41) is 6.18. The highest BCUT2D eigenvalue weighted by molar-refractivity contribution is 7.91. The molecule has 0 atom stereocenters. The number of hydrogen-bond acceptors (Lipinski definition) is 5. The molecule has 0 radical (unpaired) electrons. The molecule has 3 N–H and O–H groups in total. The molecule has 6 nitrogen and oxygen atoms in total. The monoisotopic (exact) mass is 423 g/mol. The van der Waals surface area contributed by atoms with Crippen LogP contribution >= 0.6 is 23.7 Å². The number of rotatable bonds is 9. The lowest BCUT2D eigenvalue weighted by atomic mass is 10.1. The van der Waals surface area contributed by atoms with Gasteiger partial charge in [0.1, 0.15) is 4.21 Å². The molecule has 0 unspecified atom stereocenters. The van der Waals surface area contributed by atoms with Gasteiger partial charge in [-0.25, -0.2) is 13.1 Å². The van der Waals surface area contributed by atoms with Crippen molar-refractivity contribution in [3.63, 3.8) is 0 Å². The molecule has 1 heterocycles. The summed E-state index contributed by atoms with van der Waals surface area (Å²) in [7, 11) is -3.45. The first-order chi connectivity index (χ1) is 12.0. The second-order valence-corrected chi connectivity index (χ2v) is 9.66. The largest absolute Gasteiger partial charge is 0.356 e. The maximum atomic E-state index is 12.3. The Kier molecular flexibility index (Phi) is 10.7. The summed E-state index contributed by atoms with van der Waals surface area (Å²) in [5.41, 5.74) is 0. The molecule has 2 rings (SSSR count). The van der Waals surface area contributed by atoms with E-state index in [-0.39, 0.29) is 18.3 Å². The van der Waals surface area contributed by atoms with E-state index in [9.17, 15) is 13.2 Å².